The van der Waals surface area contributed by atoms with Gasteiger partial charge in [-0.2, -0.15) is 0 Å². The maximum absolute atomic E-state index is 11.8. The molecule has 2 aromatic carbocycles. The summed E-state index contributed by atoms with van der Waals surface area (Å²) in [7, 11) is 0. The van der Waals surface area contributed by atoms with E-state index < -0.39 is 0 Å². The third kappa shape index (κ3) is 7.52. The second kappa shape index (κ2) is 12.9. The van der Waals surface area contributed by atoms with E-state index in [-0.39, 0.29) is 11.9 Å². The van der Waals surface area contributed by atoms with E-state index in [0.29, 0.717) is 6.61 Å². The van der Waals surface area contributed by atoms with E-state index in [0.717, 1.165) is 47.3 Å². The lowest BCUT2D eigenvalue weighted by molar-refractivity contribution is -0.147. The van der Waals surface area contributed by atoms with Gasteiger partial charge in [-0.25, -0.2) is 9.97 Å². The molecule has 0 fully saturated rings. The number of hydrogen-bond acceptors (Lipinski definition) is 4. The Labute approximate surface area is 198 Å². The van der Waals surface area contributed by atoms with Gasteiger partial charge in [-0.3, -0.25) is 4.79 Å². The molecule has 0 amide bonds. The molecule has 3 rings (SSSR count). The van der Waals surface area contributed by atoms with Crippen molar-refractivity contribution in [3.05, 3.63) is 72.1 Å². The van der Waals surface area contributed by atoms with Crippen LogP contribution in [0.5, 0.6) is 0 Å². The fourth-order valence-corrected chi connectivity index (χ4v) is 3.64. The van der Waals surface area contributed by atoms with Gasteiger partial charge >= 0.3 is 5.97 Å². The third-order valence-corrected chi connectivity index (χ3v) is 6.10. The Balaban J connectivity index is 1.53. The number of esters is 1. The number of carbonyl (C=O) groups is 1. The molecule has 0 spiro atoms. The third-order valence-electron chi connectivity index (χ3n) is 6.10. The van der Waals surface area contributed by atoms with Crippen molar-refractivity contribution in [3.8, 4) is 22.5 Å². The van der Waals surface area contributed by atoms with Crippen LogP contribution in [0.3, 0.4) is 0 Å². The van der Waals surface area contributed by atoms with Crippen LogP contribution in [0.15, 0.2) is 60.9 Å². The van der Waals surface area contributed by atoms with Gasteiger partial charge in [0, 0.05) is 24.4 Å². The fourth-order valence-electron chi connectivity index (χ4n) is 3.64. The Kier molecular flexibility index (Phi) is 9.61. The van der Waals surface area contributed by atoms with Crippen LogP contribution in [0.1, 0.15) is 64.0 Å². The van der Waals surface area contributed by atoms with E-state index in [1.165, 1.54) is 31.2 Å². The van der Waals surface area contributed by atoms with Gasteiger partial charge in [0.05, 0.1) is 12.5 Å². The number of nitrogens with zero attached hydrogens (tertiary/aromatic N) is 2. The Morgan fingerprint density at radius 3 is 2.00 bits per heavy atom. The minimum atomic E-state index is -0.111. The maximum Gasteiger partial charge on any atom is 0.308 e. The van der Waals surface area contributed by atoms with Crippen molar-refractivity contribution in [2.45, 2.75) is 65.7 Å². The molecule has 0 saturated carbocycles. The number of aryl methyl sites for hydroxylation is 1. The highest BCUT2D eigenvalue weighted by atomic mass is 16.5. The van der Waals surface area contributed by atoms with E-state index in [1.807, 2.05) is 26.2 Å². The van der Waals surface area contributed by atoms with Crippen molar-refractivity contribution in [1.29, 1.82) is 0 Å². The second-order valence-electron chi connectivity index (χ2n) is 8.73. The maximum atomic E-state index is 11.8. The molecule has 0 aliphatic carbocycles. The average molecular weight is 445 g/mol. The highest BCUT2D eigenvalue weighted by Gasteiger charge is 2.11. The summed E-state index contributed by atoms with van der Waals surface area (Å²) < 4.78 is 5.35. The Morgan fingerprint density at radius 1 is 0.788 bits per heavy atom. The summed E-state index contributed by atoms with van der Waals surface area (Å²) in [6, 6.07) is 16.8. The van der Waals surface area contributed by atoms with Gasteiger partial charge in [0.2, 0.25) is 0 Å². The molecule has 4 nitrogen and oxygen atoms in total. The zero-order chi connectivity index (χ0) is 23.5. The second-order valence-corrected chi connectivity index (χ2v) is 8.73. The van der Waals surface area contributed by atoms with Gasteiger partial charge in [0.25, 0.3) is 0 Å². The van der Waals surface area contributed by atoms with Gasteiger partial charge < -0.3 is 4.74 Å². The van der Waals surface area contributed by atoms with Crippen molar-refractivity contribution in [3.63, 3.8) is 0 Å². The summed E-state index contributed by atoms with van der Waals surface area (Å²) in [5, 5.41) is 0. The predicted octanol–water partition coefficient (Wildman–Crippen LogP) is 7.07. The summed E-state index contributed by atoms with van der Waals surface area (Å²) in [5.41, 5.74) is 5.71. The van der Waals surface area contributed by atoms with Crippen LogP contribution < -0.4 is 0 Å². The molecule has 0 aliphatic heterocycles. The SMILES string of the molecule is CCCCCCc1cnc(-c2ccc(-c3ccc(CCOC(=O)[C@@H](C)CC)cc3)cc2)nc1. The van der Waals surface area contributed by atoms with Crippen LogP contribution >= 0.6 is 0 Å². The van der Waals surface area contributed by atoms with Crippen LogP contribution in [0.4, 0.5) is 0 Å². The highest BCUT2D eigenvalue weighted by Crippen LogP contribution is 2.24. The smallest absolute Gasteiger partial charge is 0.308 e. The number of benzene rings is 2. The molecule has 33 heavy (non-hydrogen) atoms. The average Bonchev–Trinajstić information content (AvgIpc) is 2.87. The molecule has 3 aromatic rings. The predicted molar refractivity (Wildman–Crippen MR) is 135 cm³/mol. The zero-order valence-corrected chi connectivity index (χ0v) is 20.2. The van der Waals surface area contributed by atoms with Crippen molar-refractivity contribution in [1.82, 2.24) is 9.97 Å². The minimum absolute atomic E-state index is 0.0331. The van der Waals surface area contributed by atoms with Crippen molar-refractivity contribution in [2.75, 3.05) is 6.61 Å². The van der Waals surface area contributed by atoms with Gasteiger partial charge in [-0.15, -0.1) is 0 Å². The van der Waals surface area contributed by atoms with Crippen molar-refractivity contribution >= 4 is 5.97 Å². The molecule has 0 bridgehead atoms. The van der Waals surface area contributed by atoms with Gasteiger partial charge in [0.1, 0.15) is 0 Å². The first kappa shape index (κ1) is 24.6. The molecule has 4 heteroatoms. The van der Waals surface area contributed by atoms with Crippen molar-refractivity contribution in [2.24, 2.45) is 5.92 Å². The van der Waals surface area contributed by atoms with Crippen LogP contribution in [0.2, 0.25) is 0 Å². The molecule has 0 saturated heterocycles. The van der Waals surface area contributed by atoms with E-state index in [1.54, 1.807) is 0 Å². The van der Waals surface area contributed by atoms with E-state index in [4.69, 9.17) is 4.74 Å². The van der Waals surface area contributed by atoms with Crippen LogP contribution in [-0.4, -0.2) is 22.5 Å². The van der Waals surface area contributed by atoms with Gasteiger partial charge in [-0.1, -0.05) is 88.6 Å². The standard InChI is InChI=1S/C29H36N2O2/c1-4-6-7-8-9-24-20-30-28(31-21-24)27-16-14-26(15-17-27)25-12-10-23(11-13-25)18-19-33-29(32)22(3)5-2/h10-17,20-22H,4-9,18-19H2,1-3H3/t22-/m0/s1. The summed E-state index contributed by atoms with van der Waals surface area (Å²) in [5.74, 6) is 0.621. The Bertz CT molecular complexity index is 980. The first-order chi connectivity index (χ1) is 16.1. The molecule has 0 N–H and O–H groups in total. The van der Waals surface area contributed by atoms with Gasteiger partial charge in [0.15, 0.2) is 5.82 Å². The Hall–Kier alpha value is -3.01. The van der Waals surface area contributed by atoms with Gasteiger partial charge in [-0.05, 0) is 41.5 Å². The molecule has 0 unspecified atom stereocenters. The molecule has 1 heterocycles. The summed E-state index contributed by atoms with van der Waals surface area (Å²) >= 11 is 0. The van der Waals surface area contributed by atoms with Crippen LogP contribution in [0.25, 0.3) is 22.5 Å². The van der Waals surface area contributed by atoms with Crippen LogP contribution in [0, 0.1) is 5.92 Å². The topological polar surface area (TPSA) is 52.1 Å². The molecular weight excluding hydrogens is 408 g/mol. The molecule has 0 radical (unpaired) electrons. The molecule has 174 valence electrons. The summed E-state index contributed by atoms with van der Waals surface area (Å²) in [6.45, 7) is 6.55. The summed E-state index contributed by atoms with van der Waals surface area (Å²) in [4.78, 5) is 20.9. The number of rotatable bonds is 12. The first-order valence-corrected chi connectivity index (χ1v) is 12.3. The summed E-state index contributed by atoms with van der Waals surface area (Å²) in [6.07, 6.45) is 11.5. The minimum Gasteiger partial charge on any atom is -0.465 e. The lowest BCUT2D eigenvalue weighted by Gasteiger charge is -2.10. The number of unbranched alkanes of at least 4 members (excludes halogenated alkanes) is 3. The molecule has 0 aliphatic rings. The monoisotopic (exact) mass is 444 g/mol. The highest BCUT2D eigenvalue weighted by molar-refractivity contribution is 5.72. The first-order valence-electron chi connectivity index (χ1n) is 12.3. The van der Waals surface area contributed by atoms with E-state index in [2.05, 4.69) is 65.4 Å². The van der Waals surface area contributed by atoms with Crippen molar-refractivity contribution < 1.29 is 9.53 Å². The van der Waals surface area contributed by atoms with Crippen LogP contribution in [-0.2, 0) is 22.4 Å². The number of aromatic nitrogens is 2. The lowest BCUT2D eigenvalue weighted by atomic mass is 10.0. The molecule has 1 aromatic heterocycles. The largest absolute Gasteiger partial charge is 0.465 e. The van der Waals surface area contributed by atoms with E-state index in [9.17, 15) is 4.79 Å². The quantitative estimate of drug-likeness (QED) is 0.221. The number of carbonyl (C=O) groups excluding carboxylic acids is 1. The van der Waals surface area contributed by atoms with E-state index >= 15 is 0 Å². The lowest BCUT2D eigenvalue weighted by Crippen LogP contribution is -2.15. The molecular formula is C29H36N2O2. The number of ether oxygens (including phenoxy) is 1. The molecule has 1 atom stereocenters. The zero-order valence-electron chi connectivity index (χ0n) is 20.2. The number of hydrogen-bond donors (Lipinski definition) is 0. The fraction of sp³-hybridized carbons (Fsp3) is 0.414. The normalized spacial score (nSPS) is 11.8. The Morgan fingerprint density at radius 2 is 1.39 bits per heavy atom.